The lowest BCUT2D eigenvalue weighted by Crippen LogP contribution is -2.12. The SMILES string of the molecule is Cc1ccc(-n2nc(C(C)(C)C)cc2CC(=O)CCc2cc(F)ccc2Oc2ccc3c(C)noc3c2)cc1. The molecule has 0 bridgehead atoms. The maximum atomic E-state index is 14.2. The van der Waals surface area contributed by atoms with E-state index in [9.17, 15) is 9.18 Å². The van der Waals surface area contributed by atoms with E-state index in [2.05, 4.69) is 25.9 Å². The first-order valence-corrected chi connectivity index (χ1v) is 13.1. The fourth-order valence-electron chi connectivity index (χ4n) is 4.46. The number of hydrogen-bond acceptors (Lipinski definition) is 5. The minimum Gasteiger partial charge on any atom is -0.457 e. The number of ether oxygens (including phenoxy) is 1. The molecule has 2 aromatic heterocycles. The summed E-state index contributed by atoms with van der Waals surface area (Å²) in [7, 11) is 0. The minimum absolute atomic E-state index is 0.0393. The van der Waals surface area contributed by atoms with Crippen molar-refractivity contribution < 1.29 is 18.4 Å². The molecule has 0 unspecified atom stereocenters. The number of Topliss-reactive ketones (excluding diaryl/α,β-unsaturated/α-hetero) is 1. The molecule has 0 fully saturated rings. The standard InChI is InChI=1S/C32H32FN3O3/c1-20-6-10-24(11-7-20)36-25(18-31(34-36)32(3,4)5)17-26(37)12-8-22-16-23(33)9-15-29(22)38-27-13-14-28-21(2)35-39-30(28)19-27/h6-7,9-11,13-16,18-19H,8,12,17H2,1-5H3. The van der Waals surface area contributed by atoms with E-state index < -0.39 is 0 Å². The summed E-state index contributed by atoms with van der Waals surface area (Å²) >= 11 is 0. The Morgan fingerprint density at radius 3 is 2.51 bits per heavy atom. The fraction of sp³-hybridized carbons (Fsp3) is 0.281. The lowest BCUT2D eigenvalue weighted by Gasteiger charge is -2.14. The van der Waals surface area contributed by atoms with Crippen molar-refractivity contribution in [1.29, 1.82) is 0 Å². The van der Waals surface area contributed by atoms with Gasteiger partial charge in [0, 0.05) is 29.7 Å². The molecule has 0 aliphatic heterocycles. The van der Waals surface area contributed by atoms with Crippen molar-refractivity contribution in [3.05, 3.63) is 101 Å². The molecule has 2 heterocycles. The average molecular weight is 526 g/mol. The largest absolute Gasteiger partial charge is 0.457 e. The van der Waals surface area contributed by atoms with Gasteiger partial charge in [0.15, 0.2) is 5.58 Å². The zero-order valence-corrected chi connectivity index (χ0v) is 22.9. The average Bonchev–Trinajstić information content (AvgIpc) is 3.48. The summed E-state index contributed by atoms with van der Waals surface area (Å²) in [6.45, 7) is 10.2. The lowest BCUT2D eigenvalue weighted by atomic mass is 9.92. The van der Waals surface area contributed by atoms with Crippen LogP contribution in [-0.2, 0) is 23.1 Å². The van der Waals surface area contributed by atoms with Crippen LogP contribution in [0.1, 0.15) is 55.4 Å². The predicted octanol–water partition coefficient (Wildman–Crippen LogP) is 7.60. The summed E-state index contributed by atoms with van der Waals surface area (Å²) < 4.78 is 27.5. The molecular weight excluding hydrogens is 493 g/mol. The first-order valence-electron chi connectivity index (χ1n) is 13.1. The van der Waals surface area contributed by atoms with E-state index in [4.69, 9.17) is 14.4 Å². The number of aromatic nitrogens is 3. The normalized spacial score (nSPS) is 11.7. The smallest absolute Gasteiger partial charge is 0.170 e. The van der Waals surface area contributed by atoms with Crippen molar-refractivity contribution in [3.8, 4) is 17.2 Å². The summed E-state index contributed by atoms with van der Waals surface area (Å²) in [6, 6.07) is 19.9. The van der Waals surface area contributed by atoms with Crippen LogP contribution >= 0.6 is 0 Å². The predicted molar refractivity (Wildman–Crippen MR) is 149 cm³/mol. The summed E-state index contributed by atoms with van der Waals surface area (Å²) in [5.74, 6) is 0.713. The first kappa shape index (κ1) is 26.4. The van der Waals surface area contributed by atoms with Gasteiger partial charge in [-0.15, -0.1) is 0 Å². The highest BCUT2D eigenvalue weighted by Crippen LogP contribution is 2.31. The highest BCUT2D eigenvalue weighted by molar-refractivity contribution is 5.81. The Labute approximate surface area is 227 Å². The Morgan fingerprint density at radius 1 is 1.00 bits per heavy atom. The van der Waals surface area contributed by atoms with Gasteiger partial charge in [-0.1, -0.05) is 43.6 Å². The van der Waals surface area contributed by atoms with Crippen molar-refractivity contribution in [1.82, 2.24) is 14.9 Å². The molecule has 5 rings (SSSR count). The topological polar surface area (TPSA) is 70.2 Å². The van der Waals surface area contributed by atoms with Crippen molar-refractivity contribution in [3.63, 3.8) is 0 Å². The molecule has 7 heteroatoms. The second kappa shape index (κ2) is 10.5. The molecule has 0 aliphatic rings. The number of ketones is 1. The molecule has 0 atom stereocenters. The number of fused-ring (bicyclic) bond motifs is 1. The number of carbonyl (C=O) groups is 1. The molecule has 0 amide bonds. The summed E-state index contributed by atoms with van der Waals surface area (Å²) in [5.41, 5.74) is 5.71. The quantitative estimate of drug-likeness (QED) is 0.209. The molecule has 0 N–H and O–H groups in total. The third kappa shape index (κ3) is 5.93. The highest BCUT2D eigenvalue weighted by atomic mass is 19.1. The Morgan fingerprint density at radius 2 is 1.77 bits per heavy atom. The monoisotopic (exact) mass is 525 g/mol. The lowest BCUT2D eigenvalue weighted by molar-refractivity contribution is -0.118. The van der Waals surface area contributed by atoms with E-state index in [1.54, 1.807) is 12.1 Å². The van der Waals surface area contributed by atoms with Crippen LogP contribution in [0.3, 0.4) is 0 Å². The van der Waals surface area contributed by atoms with Crippen LogP contribution in [0.15, 0.2) is 71.3 Å². The van der Waals surface area contributed by atoms with Gasteiger partial charge in [0.2, 0.25) is 0 Å². The fourth-order valence-corrected chi connectivity index (χ4v) is 4.46. The molecular formula is C32H32FN3O3. The van der Waals surface area contributed by atoms with Gasteiger partial charge in [-0.3, -0.25) is 4.79 Å². The molecule has 6 nitrogen and oxygen atoms in total. The minimum atomic E-state index is -0.377. The third-order valence-corrected chi connectivity index (χ3v) is 6.76. The molecule has 0 saturated heterocycles. The molecule has 0 spiro atoms. The number of hydrogen-bond donors (Lipinski definition) is 0. The van der Waals surface area contributed by atoms with Crippen LogP contribution in [0, 0.1) is 19.7 Å². The molecule has 200 valence electrons. The third-order valence-electron chi connectivity index (χ3n) is 6.76. The van der Waals surface area contributed by atoms with Crippen LogP contribution in [-0.4, -0.2) is 20.7 Å². The van der Waals surface area contributed by atoms with Crippen LogP contribution in [0.25, 0.3) is 16.7 Å². The van der Waals surface area contributed by atoms with Crippen LogP contribution in [0.4, 0.5) is 4.39 Å². The van der Waals surface area contributed by atoms with Crippen LogP contribution in [0.2, 0.25) is 0 Å². The summed E-state index contributed by atoms with van der Waals surface area (Å²) in [6.07, 6.45) is 0.814. The van der Waals surface area contributed by atoms with Gasteiger partial charge in [0.25, 0.3) is 0 Å². The van der Waals surface area contributed by atoms with Crippen molar-refractivity contribution >= 4 is 16.8 Å². The number of nitrogens with zero attached hydrogens (tertiary/aromatic N) is 3. The summed E-state index contributed by atoms with van der Waals surface area (Å²) in [5, 5.41) is 9.72. The number of carbonyl (C=O) groups excluding carboxylic acids is 1. The summed E-state index contributed by atoms with van der Waals surface area (Å²) in [4.78, 5) is 13.2. The van der Waals surface area contributed by atoms with E-state index >= 15 is 0 Å². The maximum Gasteiger partial charge on any atom is 0.170 e. The maximum absolute atomic E-state index is 14.2. The molecule has 0 radical (unpaired) electrons. The molecule has 5 aromatic rings. The number of benzene rings is 3. The zero-order valence-electron chi connectivity index (χ0n) is 22.9. The van der Waals surface area contributed by atoms with Crippen molar-refractivity contribution in [2.45, 2.75) is 59.3 Å². The van der Waals surface area contributed by atoms with E-state index in [1.165, 1.54) is 12.1 Å². The zero-order chi connectivity index (χ0) is 27.7. The van der Waals surface area contributed by atoms with Gasteiger partial charge >= 0.3 is 0 Å². The van der Waals surface area contributed by atoms with Gasteiger partial charge in [-0.25, -0.2) is 9.07 Å². The van der Waals surface area contributed by atoms with Crippen molar-refractivity contribution in [2.75, 3.05) is 0 Å². The van der Waals surface area contributed by atoms with Crippen LogP contribution in [0.5, 0.6) is 11.5 Å². The Balaban J connectivity index is 1.33. The molecule has 0 aliphatic carbocycles. The second-order valence-corrected chi connectivity index (χ2v) is 11.0. The Kier molecular flexibility index (Phi) is 7.08. The van der Waals surface area contributed by atoms with E-state index in [1.807, 2.05) is 61.0 Å². The van der Waals surface area contributed by atoms with Crippen LogP contribution < -0.4 is 4.74 Å². The van der Waals surface area contributed by atoms with E-state index in [0.717, 1.165) is 33.7 Å². The van der Waals surface area contributed by atoms with Crippen molar-refractivity contribution in [2.24, 2.45) is 0 Å². The van der Waals surface area contributed by atoms with Gasteiger partial charge in [-0.2, -0.15) is 5.10 Å². The van der Waals surface area contributed by atoms with Gasteiger partial charge in [0.1, 0.15) is 23.1 Å². The van der Waals surface area contributed by atoms with Gasteiger partial charge in [-0.05, 0) is 74.4 Å². The first-order chi connectivity index (χ1) is 18.6. The second-order valence-electron chi connectivity index (χ2n) is 11.0. The molecule has 39 heavy (non-hydrogen) atoms. The number of aryl methyl sites for hydroxylation is 3. The highest BCUT2D eigenvalue weighted by Gasteiger charge is 2.22. The van der Waals surface area contributed by atoms with Gasteiger partial charge < -0.3 is 9.26 Å². The number of rotatable bonds is 8. The Hall–Kier alpha value is -4.26. The molecule has 3 aromatic carbocycles. The molecule has 0 saturated carbocycles. The van der Waals surface area contributed by atoms with E-state index in [-0.39, 0.29) is 29.9 Å². The Bertz CT molecular complexity index is 1640. The number of halogens is 1. The van der Waals surface area contributed by atoms with E-state index in [0.29, 0.717) is 29.1 Å². The van der Waals surface area contributed by atoms with Gasteiger partial charge in [0.05, 0.1) is 22.8 Å².